The highest BCUT2D eigenvalue weighted by Gasteiger charge is 2.41. The zero-order valence-corrected chi connectivity index (χ0v) is 25.0. The number of rotatable bonds is 17. The van der Waals surface area contributed by atoms with Crippen molar-refractivity contribution in [1.29, 1.82) is 0 Å². The molecule has 0 aliphatic carbocycles. The van der Waals surface area contributed by atoms with Crippen molar-refractivity contribution in [2.75, 3.05) is 13.1 Å². The van der Waals surface area contributed by atoms with Crippen LogP contribution in [0, 0.1) is 0 Å². The Morgan fingerprint density at radius 2 is 1.88 bits per heavy atom. The third kappa shape index (κ3) is 11.6. The molecule has 0 radical (unpaired) electrons. The Balaban J connectivity index is 1.59. The van der Waals surface area contributed by atoms with Gasteiger partial charge in [-0.05, 0) is 69.2 Å². The second kappa shape index (κ2) is 17.6. The first-order chi connectivity index (χ1) is 20.7. The van der Waals surface area contributed by atoms with E-state index in [9.17, 15) is 28.6 Å². The van der Waals surface area contributed by atoms with Crippen LogP contribution in [0.4, 0.5) is 4.79 Å². The van der Waals surface area contributed by atoms with Crippen molar-refractivity contribution in [3.05, 3.63) is 60.1 Å². The number of carbonyl (C=O) groups excluding carboxylic acids is 4. The van der Waals surface area contributed by atoms with E-state index < -0.39 is 49.6 Å². The van der Waals surface area contributed by atoms with Gasteiger partial charge in [-0.3, -0.25) is 9.09 Å². The molecule has 13 nitrogen and oxygen atoms in total. The maximum atomic E-state index is 13.4. The highest BCUT2D eigenvalue weighted by atomic mass is 31.2. The molecular formula is C29H39N2O11P. The maximum absolute atomic E-state index is 13.4. The number of benzene rings is 1. The van der Waals surface area contributed by atoms with Crippen molar-refractivity contribution in [1.82, 2.24) is 10.6 Å². The van der Waals surface area contributed by atoms with Gasteiger partial charge in [-0.2, -0.15) is 0 Å². The fourth-order valence-electron chi connectivity index (χ4n) is 4.25. The molecule has 1 aliphatic heterocycles. The average Bonchev–Trinajstić information content (AvgIpc) is 3.73. The van der Waals surface area contributed by atoms with Gasteiger partial charge in [0.15, 0.2) is 6.10 Å². The molecule has 0 spiro atoms. The highest BCUT2D eigenvalue weighted by molar-refractivity contribution is 7.53. The molecule has 236 valence electrons. The summed E-state index contributed by atoms with van der Waals surface area (Å²) < 4.78 is 39.2. The standard InChI is InChI=1S/C29H39N2O11P/c1-2-3-16-25(40-27(33)23-15-10-19-38-23)43(36,37)42-24(28(34)41-26(32)22-13-9-18-30-22)14-7-8-17-31-29(35)39-20-21-11-5-4-6-12-21/h4-6,10-12,15,19,22,24-25,30H,2-3,7-9,13-14,16-18,20H2,1H3,(H,31,35)(H,36,37)/t22-,24?,25?/m0/s1. The number of amides is 1. The number of unbranched alkanes of at least 4 members (excludes halogenated alkanes) is 2. The summed E-state index contributed by atoms with van der Waals surface area (Å²) in [4.78, 5) is 60.8. The van der Waals surface area contributed by atoms with E-state index in [1.54, 1.807) is 0 Å². The molecule has 4 atom stereocenters. The predicted molar refractivity (Wildman–Crippen MR) is 153 cm³/mol. The smallest absolute Gasteiger partial charge is 0.407 e. The molecular weight excluding hydrogens is 583 g/mol. The summed E-state index contributed by atoms with van der Waals surface area (Å²) in [6.45, 7) is 2.74. The van der Waals surface area contributed by atoms with Gasteiger partial charge in [-0.25, -0.2) is 19.2 Å². The molecule has 1 saturated heterocycles. The van der Waals surface area contributed by atoms with Crippen molar-refractivity contribution in [2.24, 2.45) is 0 Å². The SMILES string of the molecule is CCCCC(OC(=O)c1ccco1)P(=O)(O)OC(CCCCNC(=O)OCc1ccccc1)C(=O)OC(=O)[C@@H]1CCCN1. The van der Waals surface area contributed by atoms with E-state index >= 15 is 0 Å². The molecule has 2 heterocycles. The first-order valence-corrected chi connectivity index (χ1v) is 16.0. The van der Waals surface area contributed by atoms with Crippen LogP contribution in [0.2, 0.25) is 0 Å². The van der Waals surface area contributed by atoms with Crippen LogP contribution in [0.25, 0.3) is 0 Å². The van der Waals surface area contributed by atoms with E-state index in [4.69, 9.17) is 23.2 Å². The van der Waals surface area contributed by atoms with Crippen LogP contribution < -0.4 is 10.6 Å². The monoisotopic (exact) mass is 622 g/mol. The molecule has 0 saturated carbocycles. The Bertz CT molecular complexity index is 1220. The van der Waals surface area contributed by atoms with Crippen molar-refractivity contribution in [3.8, 4) is 0 Å². The van der Waals surface area contributed by atoms with Gasteiger partial charge in [-0.15, -0.1) is 0 Å². The number of furan rings is 1. The molecule has 3 unspecified atom stereocenters. The van der Waals surface area contributed by atoms with E-state index in [0.29, 0.717) is 32.2 Å². The molecule has 1 aliphatic rings. The molecule has 1 amide bonds. The molecule has 1 aromatic carbocycles. The lowest BCUT2D eigenvalue weighted by Crippen LogP contribution is -2.37. The summed E-state index contributed by atoms with van der Waals surface area (Å²) in [5, 5.41) is 5.52. The van der Waals surface area contributed by atoms with Gasteiger partial charge in [-0.1, -0.05) is 43.7 Å². The molecule has 0 bridgehead atoms. The maximum Gasteiger partial charge on any atom is 0.407 e. The minimum atomic E-state index is -4.78. The van der Waals surface area contributed by atoms with E-state index in [-0.39, 0.29) is 38.2 Å². The van der Waals surface area contributed by atoms with Crippen LogP contribution in [0.5, 0.6) is 0 Å². The zero-order chi connectivity index (χ0) is 31.1. The number of ether oxygens (including phenoxy) is 3. The third-order valence-corrected chi connectivity index (χ3v) is 8.24. The number of carbonyl (C=O) groups is 4. The number of hydrogen-bond acceptors (Lipinski definition) is 11. The van der Waals surface area contributed by atoms with Gasteiger partial charge in [0.2, 0.25) is 11.6 Å². The summed E-state index contributed by atoms with van der Waals surface area (Å²) in [5.41, 5.74) is 0.832. The Hall–Kier alpha value is -3.51. The lowest BCUT2D eigenvalue weighted by Gasteiger charge is -2.26. The van der Waals surface area contributed by atoms with Crippen LogP contribution >= 0.6 is 7.60 Å². The Kier molecular flexibility index (Phi) is 13.9. The second-order valence-electron chi connectivity index (χ2n) is 10.0. The van der Waals surface area contributed by atoms with E-state index in [0.717, 1.165) is 12.0 Å². The van der Waals surface area contributed by atoms with Gasteiger partial charge in [0.05, 0.1) is 6.26 Å². The fraction of sp³-hybridized carbons (Fsp3) is 0.517. The number of nitrogens with one attached hydrogen (secondary N) is 2. The molecule has 1 fully saturated rings. The zero-order valence-electron chi connectivity index (χ0n) is 24.1. The molecule has 1 aromatic heterocycles. The molecule has 14 heteroatoms. The van der Waals surface area contributed by atoms with Crippen LogP contribution in [0.3, 0.4) is 0 Å². The highest BCUT2D eigenvalue weighted by Crippen LogP contribution is 2.52. The molecule has 3 rings (SSSR count). The minimum Gasteiger partial charge on any atom is -0.457 e. The molecule has 3 N–H and O–H groups in total. The first-order valence-electron chi connectivity index (χ1n) is 14.4. The van der Waals surface area contributed by atoms with Gasteiger partial charge in [0, 0.05) is 6.54 Å². The quantitative estimate of drug-likeness (QED) is 0.0743. The van der Waals surface area contributed by atoms with Crippen molar-refractivity contribution < 1.29 is 51.8 Å². The van der Waals surface area contributed by atoms with Crippen LogP contribution in [0.15, 0.2) is 53.1 Å². The summed E-state index contributed by atoms with van der Waals surface area (Å²) in [5.74, 6) is -4.65. The van der Waals surface area contributed by atoms with E-state index in [1.165, 1.54) is 18.4 Å². The van der Waals surface area contributed by atoms with Crippen molar-refractivity contribution in [3.63, 3.8) is 0 Å². The summed E-state index contributed by atoms with van der Waals surface area (Å²) in [6.07, 6.45) is 1.79. The normalized spacial score (nSPS) is 17.3. The van der Waals surface area contributed by atoms with Crippen LogP contribution in [-0.4, -0.2) is 60.0 Å². The van der Waals surface area contributed by atoms with Gasteiger partial charge in [0.25, 0.3) is 0 Å². The number of alkyl carbamates (subject to hydrolysis) is 1. The predicted octanol–water partition coefficient (Wildman–Crippen LogP) is 4.44. The van der Waals surface area contributed by atoms with E-state index in [2.05, 4.69) is 10.6 Å². The summed E-state index contributed by atoms with van der Waals surface area (Å²) >= 11 is 0. The Morgan fingerprint density at radius 1 is 1.09 bits per heavy atom. The van der Waals surface area contributed by atoms with Crippen molar-refractivity contribution >= 4 is 31.6 Å². The molecule has 43 heavy (non-hydrogen) atoms. The summed E-state index contributed by atoms with van der Waals surface area (Å²) in [6, 6.07) is 11.3. The summed E-state index contributed by atoms with van der Waals surface area (Å²) in [7, 11) is -4.78. The fourth-order valence-corrected chi connectivity index (χ4v) is 5.68. The van der Waals surface area contributed by atoms with Gasteiger partial charge in [0.1, 0.15) is 12.6 Å². The minimum absolute atomic E-state index is 0.0154. The average molecular weight is 623 g/mol. The Morgan fingerprint density at radius 3 is 2.56 bits per heavy atom. The topological polar surface area (TPSA) is 180 Å². The lowest BCUT2D eigenvalue weighted by molar-refractivity contribution is -0.166. The lowest BCUT2D eigenvalue weighted by atomic mass is 10.1. The Labute approximate surface area is 250 Å². The first kappa shape index (κ1) is 34.0. The van der Waals surface area contributed by atoms with Crippen molar-refractivity contribution in [2.45, 2.75) is 82.9 Å². The third-order valence-electron chi connectivity index (χ3n) is 6.60. The number of esters is 3. The van der Waals surface area contributed by atoms with Gasteiger partial charge < -0.3 is 34.2 Å². The van der Waals surface area contributed by atoms with E-state index in [1.807, 2.05) is 37.3 Å². The second-order valence-corrected chi connectivity index (χ2v) is 11.9. The van der Waals surface area contributed by atoms with Gasteiger partial charge >= 0.3 is 31.6 Å². The van der Waals surface area contributed by atoms with Crippen LogP contribution in [0.1, 0.15) is 74.4 Å². The molecule has 2 aromatic rings. The largest absolute Gasteiger partial charge is 0.457 e. The number of hydrogen-bond donors (Lipinski definition) is 3. The van der Waals surface area contributed by atoms with Crippen LogP contribution in [-0.2, 0) is 39.5 Å².